The van der Waals surface area contributed by atoms with Crippen molar-refractivity contribution < 1.29 is 14.7 Å². The van der Waals surface area contributed by atoms with Crippen LogP contribution in [0.25, 0.3) is 0 Å². The summed E-state index contributed by atoms with van der Waals surface area (Å²) in [6.45, 7) is 0. The number of carboxylic acids is 1. The van der Waals surface area contributed by atoms with Gasteiger partial charge >= 0.3 is 5.97 Å². The van der Waals surface area contributed by atoms with Crippen LogP contribution < -0.4 is 5.32 Å². The van der Waals surface area contributed by atoms with Crippen LogP contribution in [0.2, 0.25) is 10.0 Å². The van der Waals surface area contributed by atoms with Gasteiger partial charge in [0.2, 0.25) is 5.91 Å². The molecule has 0 saturated heterocycles. The standard InChI is InChI=1S/C12H9Cl2N3O3/c13-8-3-6(12(19)20)4-9(14)11(8)16-10(18)5-7-1-2-15-17-7/h1-4H,5H2,(H,15,17)(H,16,18)(H,19,20). The molecule has 0 bridgehead atoms. The van der Waals surface area contributed by atoms with Crippen LogP contribution in [0.1, 0.15) is 16.1 Å². The molecule has 0 unspecified atom stereocenters. The lowest BCUT2D eigenvalue weighted by molar-refractivity contribution is -0.115. The van der Waals surface area contributed by atoms with Crippen LogP contribution in [0.3, 0.4) is 0 Å². The fourth-order valence-corrected chi connectivity index (χ4v) is 2.14. The maximum Gasteiger partial charge on any atom is 0.335 e. The molecule has 0 saturated carbocycles. The quantitative estimate of drug-likeness (QED) is 0.808. The van der Waals surface area contributed by atoms with Crippen LogP contribution in [0.15, 0.2) is 24.4 Å². The van der Waals surface area contributed by atoms with Crippen molar-refractivity contribution in [2.75, 3.05) is 5.32 Å². The van der Waals surface area contributed by atoms with E-state index in [0.29, 0.717) is 5.69 Å². The van der Waals surface area contributed by atoms with Gasteiger partial charge in [0.15, 0.2) is 0 Å². The summed E-state index contributed by atoms with van der Waals surface area (Å²) in [6, 6.07) is 4.11. The summed E-state index contributed by atoms with van der Waals surface area (Å²) >= 11 is 11.8. The van der Waals surface area contributed by atoms with Gasteiger partial charge in [-0.05, 0) is 18.2 Å². The second-order valence-electron chi connectivity index (χ2n) is 3.93. The van der Waals surface area contributed by atoms with E-state index in [1.54, 1.807) is 6.07 Å². The molecular formula is C12H9Cl2N3O3. The Labute approximate surface area is 123 Å². The molecule has 1 amide bonds. The molecular weight excluding hydrogens is 305 g/mol. The van der Waals surface area contributed by atoms with Crippen LogP contribution in [-0.2, 0) is 11.2 Å². The first-order valence-corrected chi connectivity index (χ1v) is 6.23. The lowest BCUT2D eigenvalue weighted by Crippen LogP contribution is -2.15. The summed E-state index contributed by atoms with van der Waals surface area (Å²) in [5.74, 6) is -1.50. The average Bonchev–Trinajstić information content (AvgIpc) is 2.86. The number of H-pyrrole nitrogens is 1. The van der Waals surface area contributed by atoms with Gasteiger partial charge in [-0.1, -0.05) is 23.2 Å². The zero-order chi connectivity index (χ0) is 14.7. The second-order valence-corrected chi connectivity index (χ2v) is 4.74. The fourth-order valence-electron chi connectivity index (χ4n) is 1.56. The third kappa shape index (κ3) is 3.28. The third-order valence-corrected chi connectivity index (χ3v) is 3.06. The number of anilines is 1. The summed E-state index contributed by atoms with van der Waals surface area (Å²) < 4.78 is 0. The minimum atomic E-state index is -1.15. The highest BCUT2D eigenvalue weighted by molar-refractivity contribution is 6.40. The summed E-state index contributed by atoms with van der Waals surface area (Å²) in [5, 5.41) is 17.9. The van der Waals surface area contributed by atoms with E-state index in [9.17, 15) is 9.59 Å². The average molecular weight is 314 g/mol. The Morgan fingerprint density at radius 3 is 2.45 bits per heavy atom. The monoisotopic (exact) mass is 313 g/mol. The van der Waals surface area contributed by atoms with Crippen molar-refractivity contribution in [1.29, 1.82) is 0 Å². The highest BCUT2D eigenvalue weighted by Gasteiger charge is 2.14. The molecule has 104 valence electrons. The van der Waals surface area contributed by atoms with Crippen molar-refractivity contribution in [3.63, 3.8) is 0 Å². The van der Waals surface area contributed by atoms with Crippen LogP contribution in [0.4, 0.5) is 5.69 Å². The minimum Gasteiger partial charge on any atom is -0.478 e. The van der Waals surface area contributed by atoms with Crippen LogP contribution in [0, 0.1) is 0 Å². The molecule has 2 aromatic rings. The molecule has 0 aliphatic rings. The summed E-state index contributed by atoms with van der Waals surface area (Å²) in [6.07, 6.45) is 1.61. The van der Waals surface area contributed by atoms with Gasteiger partial charge < -0.3 is 10.4 Å². The number of aromatic nitrogens is 2. The number of nitrogens with one attached hydrogen (secondary N) is 2. The number of carbonyl (C=O) groups is 2. The molecule has 6 nitrogen and oxygen atoms in total. The SMILES string of the molecule is O=C(Cc1ccn[nH]1)Nc1c(Cl)cc(C(=O)O)cc1Cl. The minimum absolute atomic E-state index is 0.0495. The van der Waals surface area contributed by atoms with Crippen molar-refractivity contribution in [2.45, 2.75) is 6.42 Å². The first-order chi connectivity index (χ1) is 9.47. The zero-order valence-electron chi connectivity index (χ0n) is 9.98. The number of amides is 1. The molecule has 0 radical (unpaired) electrons. The Hall–Kier alpha value is -2.05. The van der Waals surface area contributed by atoms with Crippen LogP contribution in [0.5, 0.6) is 0 Å². The zero-order valence-corrected chi connectivity index (χ0v) is 11.5. The molecule has 3 N–H and O–H groups in total. The van der Waals surface area contributed by atoms with Gasteiger partial charge in [-0.3, -0.25) is 9.89 Å². The lowest BCUT2D eigenvalue weighted by atomic mass is 10.2. The number of hydrogen-bond acceptors (Lipinski definition) is 3. The van der Waals surface area contributed by atoms with E-state index in [1.165, 1.54) is 18.3 Å². The number of rotatable bonds is 4. The molecule has 1 heterocycles. The van der Waals surface area contributed by atoms with E-state index < -0.39 is 5.97 Å². The number of aromatic amines is 1. The third-order valence-electron chi connectivity index (χ3n) is 2.46. The van der Waals surface area contributed by atoms with E-state index in [-0.39, 0.29) is 33.6 Å². The molecule has 2 rings (SSSR count). The van der Waals surface area contributed by atoms with Crippen molar-refractivity contribution >= 4 is 40.8 Å². The van der Waals surface area contributed by atoms with Gasteiger partial charge in [0.25, 0.3) is 0 Å². The molecule has 8 heteroatoms. The number of nitrogens with zero attached hydrogens (tertiary/aromatic N) is 1. The van der Waals surface area contributed by atoms with Gasteiger partial charge in [0.05, 0.1) is 27.7 Å². The van der Waals surface area contributed by atoms with Gasteiger partial charge in [0.1, 0.15) is 0 Å². The maximum atomic E-state index is 11.8. The summed E-state index contributed by atoms with van der Waals surface area (Å²) in [4.78, 5) is 22.6. The van der Waals surface area contributed by atoms with Gasteiger partial charge in [-0.15, -0.1) is 0 Å². The lowest BCUT2D eigenvalue weighted by Gasteiger charge is -2.10. The van der Waals surface area contributed by atoms with Crippen molar-refractivity contribution in [1.82, 2.24) is 10.2 Å². The normalized spacial score (nSPS) is 10.3. The molecule has 0 atom stereocenters. The second kappa shape index (κ2) is 5.94. The van der Waals surface area contributed by atoms with Crippen LogP contribution in [-0.4, -0.2) is 27.2 Å². The van der Waals surface area contributed by atoms with E-state index in [2.05, 4.69) is 15.5 Å². The van der Waals surface area contributed by atoms with E-state index in [4.69, 9.17) is 28.3 Å². The Morgan fingerprint density at radius 1 is 1.30 bits per heavy atom. The Morgan fingerprint density at radius 2 is 1.95 bits per heavy atom. The van der Waals surface area contributed by atoms with Gasteiger partial charge in [0, 0.05) is 11.9 Å². The topological polar surface area (TPSA) is 95.1 Å². The molecule has 20 heavy (non-hydrogen) atoms. The number of carboxylic acid groups (broad SMARTS) is 1. The van der Waals surface area contributed by atoms with Crippen molar-refractivity contribution in [3.8, 4) is 0 Å². The number of carbonyl (C=O) groups excluding carboxylic acids is 1. The number of aromatic carboxylic acids is 1. The fraction of sp³-hybridized carbons (Fsp3) is 0.0833. The first-order valence-electron chi connectivity index (χ1n) is 5.48. The molecule has 0 aliphatic heterocycles. The highest BCUT2D eigenvalue weighted by atomic mass is 35.5. The highest BCUT2D eigenvalue weighted by Crippen LogP contribution is 2.32. The van der Waals surface area contributed by atoms with Gasteiger partial charge in [-0.25, -0.2) is 4.79 Å². The van der Waals surface area contributed by atoms with Crippen LogP contribution >= 0.6 is 23.2 Å². The van der Waals surface area contributed by atoms with Gasteiger partial charge in [-0.2, -0.15) is 5.10 Å². The molecule has 0 spiro atoms. The Balaban J connectivity index is 2.17. The summed E-state index contributed by atoms with van der Waals surface area (Å²) in [5.41, 5.74) is 0.770. The molecule has 0 fully saturated rings. The summed E-state index contributed by atoms with van der Waals surface area (Å²) in [7, 11) is 0. The predicted molar refractivity (Wildman–Crippen MR) is 74.3 cm³/mol. The Kier molecular flexibility index (Phi) is 4.26. The first kappa shape index (κ1) is 14.4. The number of halogens is 2. The molecule has 0 aliphatic carbocycles. The maximum absolute atomic E-state index is 11.8. The molecule has 1 aromatic heterocycles. The van der Waals surface area contributed by atoms with E-state index >= 15 is 0 Å². The molecule has 1 aromatic carbocycles. The van der Waals surface area contributed by atoms with E-state index in [1.807, 2.05) is 0 Å². The van der Waals surface area contributed by atoms with Crippen molar-refractivity contribution in [2.24, 2.45) is 0 Å². The predicted octanol–water partition coefficient (Wildman–Crippen LogP) is 2.60. The largest absolute Gasteiger partial charge is 0.478 e. The van der Waals surface area contributed by atoms with Crippen molar-refractivity contribution in [3.05, 3.63) is 45.7 Å². The Bertz CT molecular complexity index is 633. The van der Waals surface area contributed by atoms with E-state index in [0.717, 1.165) is 0 Å². The smallest absolute Gasteiger partial charge is 0.335 e. The number of hydrogen-bond donors (Lipinski definition) is 3. The number of benzene rings is 1.